The number of rotatable bonds is 0. The molecule has 46 valence electrons. The van der Waals surface area contributed by atoms with Gasteiger partial charge in [-0.2, -0.15) is 0 Å². The van der Waals surface area contributed by atoms with Crippen molar-refractivity contribution in [3.05, 3.63) is 12.0 Å². The van der Waals surface area contributed by atoms with Crippen LogP contribution in [0.1, 0.15) is 19.3 Å². The number of piperidine rings is 1. The molecule has 1 aliphatic rings. The molecule has 1 heterocycles. The first-order valence-corrected chi connectivity index (χ1v) is 3.00. The second-order valence-corrected chi connectivity index (χ2v) is 2.04. The van der Waals surface area contributed by atoms with Gasteiger partial charge in [-0.3, -0.25) is 0 Å². The van der Waals surface area contributed by atoms with E-state index in [0.717, 1.165) is 18.7 Å². The van der Waals surface area contributed by atoms with Crippen LogP contribution in [0.25, 0.3) is 0 Å². The third-order valence-corrected chi connectivity index (χ3v) is 1.38. The van der Waals surface area contributed by atoms with E-state index in [1.807, 2.05) is 0 Å². The Morgan fingerprint density at radius 2 is 2.38 bits per heavy atom. The van der Waals surface area contributed by atoms with E-state index < -0.39 is 0 Å². The van der Waals surface area contributed by atoms with Gasteiger partial charge in [-0.15, -0.1) is 0 Å². The molecule has 0 aliphatic carbocycles. The van der Waals surface area contributed by atoms with Crippen LogP contribution in [-0.4, -0.2) is 11.7 Å². The maximum absolute atomic E-state index is 8.47. The summed E-state index contributed by atoms with van der Waals surface area (Å²) in [5, 5.41) is 11.5. The van der Waals surface area contributed by atoms with Gasteiger partial charge in [0, 0.05) is 12.2 Å². The van der Waals surface area contributed by atoms with E-state index in [-0.39, 0.29) is 0 Å². The van der Waals surface area contributed by atoms with Gasteiger partial charge in [-0.25, -0.2) is 0 Å². The lowest BCUT2D eigenvalue weighted by atomic mass is 10.1. The zero-order chi connectivity index (χ0) is 5.82. The third-order valence-electron chi connectivity index (χ3n) is 1.38. The minimum Gasteiger partial charge on any atom is -0.514 e. The van der Waals surface area contributed by atoms with E-state index in [4.69, 9.17) is 5.11 Å². The highest BCUT2D eigenvalue weighted by Gasteiger charge is 2.01. The van der Waals surface area contributed by atoms with Crippen LogP contribution in [0, 0.1) is 0 Å². The monoisotopic (exact) mass is 113 g/mol. The molecule has 1 saturated heterocycles. The molecule has 0 aromatic carbocycles. The summed E-state index contributed by atoms with van der Waals surface area (Å²) in [5.41, 5.74) is 0.983. The smallest absolute Gasteiger partial charge is 0.0980 e. The SMILES string of the molecule is OC=C1CCCCN1. The Balaban J connectivity index is 2.33. The molecule has 1 fully saturated rings. The van der Waals surface area contributed by atoms with Crippen molar-refractivity contribution in [2.24, 2.45) is 0 Å². The van der Waals surface area contributed by atoms with Gasteiger partial charge in [-0.1, -0.05) is 0 Å². The standard InChI is InChI=1S/C6H11NO/c8-5-6-3-1-2-4-7-6/h5,7-8H,1-4H2. The molecule has 0 bridgehead atoms. The number of allylic oxidation sites excluding steroid dienone is 1. The van der Waals surface area contributed by atoms with Crippen molar-refractivity contribution in [3.8, 4) is 0 Å². The van der Waals surface area contributed by atoms with E-state index in [1.165, 1.54) is 19.1 Å². The summed E-state index contributed by atoms with van der Waals surface area (Å²) in [4.78, 5) is 0. The second-order valence-electron chi connectivity index (χ2n) is 2.04. The highest BCUT2D eigenvalue weighted by molar-refractivity contribution is 4.96. The average Bonchev–Trinajstić information content (AvgIpc) is 1.90. The second kappa shape index (κ2) is 2.60. The van der Waals surface area contributed by atoms with Crippen LogP contribution in [0.5, 0.6) is 0 Å². The highest BCUT2D eigenvalue weighted by Crippen LogP contribution is 2.08. The van der Waals surface area contributed by atoms with Crippen LogP contribution >= 0.6 is 0 Å². The Morgan fingerprint density at radius 3 is 2.75 bits per heavy atom. The van der Waals surface area contributed by atoms with E-state index in [0.29, 0.717) is 0 Å². The molecule has 0 atom stereocenters. The van der Waals surface area contributed by atoms with E-state index in [1.54, 1.807) is 0 Å². The minimum atomic E-state index is 0.983. The van der Waals surface area contributed by atoms with Crippen LogP contribution < -0.4 is 5.32 Å². The van der Waals surface area contributed by atoms with Crippen molar-refractivity contribution in [3.63, 3.8) is 0 Å². The Hall–Kier alpha value is -0.660. The summed E-state index contributed by atoms with van der Waals surface area (Å²) in [6.45, 7) is 1.02. The molecule has 0 saturated carbocycles. The normalized spacial score (nSPS) is 25.2. The number of hydrogen-bond acceptors (Lipinski definition) is 2. The molecule has 2 nitrogen and oxygen atoms in total. The van der Waals surface area contributed by atoms with Crippen LogP contribution in [0.3, 0.4) is 0 Å². The van der Waals surface area contributed by atoms with Crippen LogP contribution in [-0.2, 0) is 0 Å². The summed E-state index contributed by atoms with van der Waals surface area (Å²) in [6, 6.07) is 0. The van der Waals surface area contributed by atoms with Gasteiger partial charge in [0.25, 0.3) is 0 Å². The van der Waals surface area contributed by atoms with Crippen molar-refractivity contribution >= 4 is 0 Å². The van der Waals surface area contributed by atoms with Crippen LogP contribution in [0.2, 0.25) is 0 Å². The van der Waals surface area contributed by atoms with Gasteiger partial charge < -0.3 is 10.4 Å². The predicted molar refractivity (Wildman–Crippen MR) is 32.6 cm³/mol. The van der Waals surface area contributed by atoms with Crippen molar-refractivity contribution < 1.29 is 5.11 Å². The molecule has 0 aromatic rings. The fourth-order valence-corrected chi connectivity index (χ4v) is 0.888. The van der Waals surface area contributed by atoms with Crippen molar-refractivity contribution in [1.82, 2.24) is 5.32 Å². The minimum absolute atomic E-state index is 0.983. The quantitative estimate of drug-likeness (QED) is 0.462. The van der Waals surface area contributed by atoms with Gasteiger partial charge >= 0.3 is 0 Å². The highest BCUT2D eigenvalue weighted by atomic mass is 16.2. The Kier molecular flexibility index (Phi) is 1.78. The van der Waals surface area contributed by atoms with Gasteiger partial charge in [0.05, 0.1) is 6.26 Å². The topological polar surface area (TPSA) is 32.3 Å². The molecule has 8 heavy (non-hydrogen) atoms. The summed E-state index contributed by atoms with van der Waals surface area (Å²) in [7, 11) is 0. The molecule has 1 aliphatic heterocycles. The summed E-state index contributed by atoms with van der Waals surface area (Å²) in [5.74, 6) is 0. The Morgan fingerprint density at radius 1 is 1.50 bits per heavy atom. The fraction of sp³-hybridized carbons (Fsp3) is 0.667. The summed E-state index contributed by atoms with van der Waals surface area (Å²) >= 11 is 0. The Labute approximate surface area is 49.2 Å². The molecule has 0 unspecified atom stereocenters. The molecular formula is C6H11NO. The van der Waals surface area contributed by atoms with Gasteiger partial charge in [0.2, 0.25) is 0 Å². The molecular weight excluding hydrogens is 102 g/mol. The summed E-state index contributed by atoms with van der Waals surface area (Å²) < 4.78 is 0. The molecule has 0 aromatic heterocycles. The third kappa shape index (κ3) is 1.15. The average molecular weight is 113 g/mol. The number of aliphatic hydroxyl groups is 1. The zero-order valence-corrected chi connectivity index (χ0v) is 4.85. The number of aliphatic hydroxyl groups excluding tert-OH is 1. The number of nitrogens with one attached hydrogen (secondary N) is 1. The molecule has 0 amide bonds. The van der Waals surface area contributed by atoms with Crippen LogP contribution in [0.15, 0.2) is 12.0 Å². The number of hydrogen-bond donors (Lipinski definition) is 2. The van der Waals surface area contributed by atoms with Gasteiger partial charge in [0.1, 0.15) is 0 Å². The maximum atomic E-state index is 8.47. The fourth-order valence-electron chi connectivity index (χ4n) is 0.888. The van der Waals surface area contributed by atoms with Crippen molar-refractivity contribution in [1.29, 1.82) is 0 Å². The molecule has 2 heteroatoms. The predicted octanol–water partition coefficient (Wildman–Crippen LogP) is 1.16. The van der Waals surface area contributed by atoms with Crippen LogP contribution in [0.4, 0.5) is 0 Å². The molecule has 0 radical (unpaired) electrons. The lowest BCUT2D eigenvalue weighted by Crippen LogP contribution is -2.19. The van der Waals surface area contributed by atoms with Crippen molar-refractivity contribution in [2.45, 2.75) is 19.3 Å². The van der Waals surface area contributed by atoms with E-state index >= 15 is 0 Å². The molecule has 0 spiro atoms. The molecule has 2 N–H and O–H groups in total. The van der Waals surface area contributed by atoms with Crippen molar-refractivity contribution in [2.75, 3.05) is 6.54 Å². The lowest BCUT2D eigenvalue weighted by Gasteiger charge is -2.14. The molecule has 1 rings (SSSR count). The Bertz CT molecular complexity index is 90.7. The van der Waals surface area contributed by atoms with E-state index in [9.17, 15) is 0 Å². The van der Waals surface area contributed by atoms with Gasteiger partial charge in [0.15, 0.2) is 0 Å². The lowest BCUT2D eigenvalue weighted by molar-refractivity contribution is 0.445. The summed E-state index contributed by atoms with van der Waals surface area (Å²) in [6.07, 6.45) is 4.62. The first kappa shape index (κ1) is 5.48. The van der Waals surface area contributed by atoms with Gasteiger partial charge in [-0.05, 0) is 19.3 Å². The van der Waals surface area contributed by atoms with E-state index in [2.05, 4.69) is 5.32 Å². The zero-order valence-electron chi connectivity index (χ0n) is 4.85. The first-order valence-electron chi connectivity index (χ1n) is 3.00. The largest absolute Gasteiger partial charge is 0.514 e. The maximum Gasteiger partial charge on any atom is 0.0980 e. The first-order chi connectivity index (χ1) is 3.93.